The summed E-state index contributed by atoms with van der Waals surface area (Å²) in [7, 11) is 0. The van der Waals surface area contributed by atoms with Crippen LogP contribution in [0, 0.1) is 0 Å². The van der Waals surface area contributed by atoms with Crippen LogP contribution in [0.2, 0.25) is 0 Å². The Bertz CT molecular complexity index is 683. The van der Waals surface area contributed by atoms with Crippen LogP contribution < -0.4 is 0 Å². The second-order valence-electron chi connectivity index (χ2n) is 4.22. The van der Waals surface area contributed by atoms with E-state index in [4.69, 9.17) is 0 Å². The van der Waals surface area contributed by atoms with E-state index in [2.05, 4.69) is 15.8 Å². The van der Waals surface area contributed by atoms with E-state index < -0.39 is 6.10 Å². The van der Waals surface area contributed by atoms with Gasteiger partial charge in [0.2, 0.25) is 0 Å². The minimum Gasteiger partial charge on any atom is -0.383 e. The van der Waals surface area contributed by atoms with Gasteiger partial charge < -0.3 is 5.11 Å². The van der Waals surface area contributed by atoms with Crippen LogP contribution in [0.4, 0.5) is 5.69 Å². The molecule has 19 heavy (non-hydrogen) atoms. The van der Waals surface area contributed by atoms with Crippen molar-refractivity contribution in [3.8, 4) is 0 Å². The van der Waals surface area contributed by atoms with Gasteiger partial charge in [0.25, 0.3) is 0 Å². The standard InChI is InChI=1S/C16H12N2O/c19-15-9-8-12-5-4-10-17-16(12)14(15)11-18-13-6-2-1-3-7-13/h1-10,15,19H. The number of aromatic nitrogens is 1. The molecule has 0 saturated carbocycles. The number of hydrogen-bond donors (Lipinski definition) is 1. The summed E-state index contributed by atoms with van der Waals surface area (Å²) in [6, 6.07) is 13.3. The molecule has 3 rings (SSSR count). The molecule has 0 radical (unpaired) electrons. The summed E-state index contributed by atoms with van der Waals surface area (Å²) in [5.41, 5.74) is 3.10. The smallest absolute Gasteiger partial charge is 0.108 e. The molecule has 0 amide bonds. The van der Waals surface area contributed by atoms with Crippen molar-refractivity contribution in [2.45, 2.75) is 6.10 Å². The third-order valence-corrected chi connectivity index (χ3v) is 2.91. The molecule has 3 heteroatoms. The van der Waals surface area contributed by atoms with Crippen molar-refractivity contribution in [2.75, 3.05) is 0 Å². The van der Waals surface area contributed by atoms with Crippen LogP contribution in [-0.4, -0.2) is 22.1 Å². The molecule has 0 bridgehead atoms. The monoisotopic (exact) mass is 248 g/mol. The second-order valence-corrected chi connectivity index (χ2v) is 4.22. The van der Waals surface area contributed by atoms with Gasteiger partial charge in [-0.15, -0.1) is 0 Å². The zero-order valence-electron chi connectivity index (χ0n) is 10.2. The molecule has 1 aliphatic carbocycles. The van der Waals surface area contributed by atoms with Gasteiger partial charge in [-0.25, -0.2) is 4.99 Å². The summed E-state index contributed by atoms with van der Waals surface area (Å²) in [5.74, 6) is 2.92. The Balaban J connectivity index is 2.09. The highest BCUT2D eigenvalue weighted by molar-refractivity contribution is 5.96. The van der Waals surface area contributed by atoms with Gasteiger partial charge in [0.1, 0.15) is 6.10 Å². The lowest BCUT2D eigenvalue weighted by Crippen LogP contribution is -2.12. The average Bonchev–Trinajstić information content (AvgIpc) is 2.47. The van der Waals surface area contributed by atoms with Gasteiger partial charge in [-0.2, -0.15) is 0 Å². The lowest BCUT2D eigenvalue weighted by atomic mass is 9.96. The Morgan fingerprint density at radius 1 is 1.11 bits per heavy atom. The van der Waals surface area contributed by atoms with Gasteiger partial charge in [-0.05, 0) is 24.1 Å². The van der Waals surface area contributed by atoms with E-state index in [1.165, 1.54) is 0 Å². The molecule has 0 fully saturated rings. The van der Waals surface area contributed by atoms with Crippen molar-refractivity contribution in [1.29, 1.82) is 0 Å². The van der Waals surface area contributed by atoms with Crippen molar-refractivity contribution >= 4 is 23.2 Å². The molecular formula is C16H12N2O. The van der Waals surface area contributed by atoms with E-state index in [1.807, 2.05) is 48.5 Å². The van der Waals surface area contributed by atoms with Crippen molar-refractivity contribution < 1.29 is 5.11 Å². The fourth-order valence-corrected chi connectivity index (χ4v) is 1.95. The molecular weight excluding hydrogens is 236 g/mol. The summed E-state index contributed by atoms with van der Waals surface area (Å²) in [4.78, 5) is 8.55. The summed E-state index contributed by atoms with van der Waals surface area (Å²) >= 11 is 0. The van der Waals surface area contributed by atoms with Gasteiger partial charge in [-0.1, -0.05) is 36.4 Å². The number of hydrogen-bond acceptors (Lipinski definition) is 3. The SMILES string of the molecule is OC1C=Cc2cccnc2C1=C=Nc1ccccc1. The van der Waals surface area contributed by atoms with Gasteiger partial charge >= 0.3 is 0 Å². The molecule has 2 aromatic rings. The molecule has 3 nitrogen and oxygen atoms in total. The van der Waals surface area contributed by atoms with Crippen molar-refractivity contribution in [1.82, 2.24) is 4.98 Å². The molecule has 1 atom stereocenters. The number of aliphatic hydroxyl groups excluding tert-OH is 1. The quantitative estimate of drug-likeness (QED) is 0.789. The summed E-state index contributed by atoms with van der Waals surface area (Å²) < 4.78 is 0. The number of aliphatic hydroxyl groups is 1. The van der Waals surface area contributed by atoms with Crippen LogP contribution in [0.3, 0.4) is 0 Å². The first-order valence-electron chi connectivity index (χ1n) is 6.05. The van der Waals surface area contributed by atoms with Gasteiger partial charge in [-0.3, -0.25) is 4.98 Å². The van der Waals surface area contributed by atoms with Gasteiger partial charge in [0, 0.05) is 11.8 Å². The van der Waals surface area contributed by atoms with E-state index in [0.29, 0.717) is 5.57 Å². The highest BCUT2D eigenvalue weighted by Crippen LogP contribution is 2.25. The van der Waals surface area contributed by atoms with Crippen LogP contribution in [0.5, 0.6) is 0 Å². The van der Waals surface area contributed by atoms with Crippen molar-refractivity contribution in [3.63, 3.8) is 0 Å². The number of benzene rings is 1. The highest BCUT2D eigenvalue weighted by atomic mass is 16.3. The Hall–Kier alpha value is -2.48. The van der Waals surface area contributed by atoms with Crippen molar-refractivity contribution in [3.05, 3.63) is 66.0 Å². The third kappa shape index (κ3) is 2.38. The van der Waals surface area contributed by atoms with Crippen molar-refractivity contribution in [2.24, 2.45) is 4.99 Å². The molecule has 1 aliphatic rings. The summed E-state index contributed by atoms with van der Waals surface area (Å²) in [5, 5.41) is 10.0. The Labute approximate surface area is 111 Å². The predicted octanol–water partition coefficient (Wildman–Crippen LogP) is 2.85. The van der Waals surface area contributed by atoms with E-state index in [0.717, 1.165) is 16.9 Å². The fourth-order valence-electron chi connectivity index (χ4n) is 1.95. The molecule has 0 saturated heterocycles. The van der Waals surface area contributed by atoms with Gasteiger partial charge in [0.15, 0.2) is 0 Å². The molecule has 1 aromatic heterocycles. The fraction of sp³-hybridized carbons (Fsp3) is 0.0625. The largest absolute Gasteiger partial charge is 0.383 e. The Kier molecular flexibility index (Phi) is 3.07. The lowest BCUT2D eigenvalue weighted by Gasteiger charge is -2.15. The molecule has 1 aromatic carbocycles. The van der Waals surface area contributed by atoms with E-state index in [-0.39, 0.29) is 0 Å². The molecule has 0 spiro atoms. The first kappa shape index (κ1) is 11.6. The summed E-state index contributed by atoms with van der Waals surface area (Å²) in [6.45, 7) is 0. The van der Waals surface area contributed by atoms with Gasteiger partial charge in [0.05, 0.1) is 17.0 Å². The Morgan fingerprint density at radius 3 is 2.79 bits per heavy atom. The van der Waals surface area contributed by atoms with E-state index in [9.17, 15) is 5.11 Å². The summed E-state index contributed by atoms with van der Waals surface area (Å²) in [6.07, 6.45) is 4.57. The van der Waals surface area contributed by atoms with E-state index in [1.54, 1.807) is 12.3 Å². The first-order chi connectivity index (χ1) is 9.34. The maximum absolute atomic E-state index is 10.0. The molecule has 0 aliphatic heterocycles. The molecule has 92 valence electrons. The maximum Gasteiger partial charge on any atom is 0.108 e. The van der Waals surface area contributed by atoms with Crippen LogP contribution in [0.1, 0.15) is 11.3 Å². The Morgan fingerprint density at radius 2 is 1.95 bits per heavy atom. The number of aliphatic imine (C=N–C) groups is 1. The number of rotatable bonds is 1. The topological polar surface area (TPSA) is 45.5 Å². The number of para-hydroxylation sites is 1. The normalized spacial score (nSPS) is 16.7. The maximum atomic E-state index is 10.0. The number of nitrogens with zero attached hydrogens (tertiary/aromatic N) is 2. The molecule has 1 unspecified atom stereocenters. The number of fused-ring (bicyclic) bond motifs is 1. The first-order valence-corrected chi connectivity index (χ1v) is 6.05. The minimum absolute atomic E-state index is 0.599. The van der Waals surface area contributed by atoms with Crippen LogP contribution in [-0.2, 0) is 0 Å². The number of pyridine rings is 1. The van der Waals surface area contributed by atoms with E-state index >= 15 is 0 Å². The highest BCUT2D eigenvalue weighted by Gasteiger charge is 2.18. The minimum atomic E-state index is -0.713. The second kappa shape index (κ2) is 5.02. The van der Waals surface area contributed by atoms with Crippen LogP contribution in [0.25, 0.3) is 11.6 Å². The zero-order chi connectivity index (χ0) is 13.1. The third-order valence-electron chi connectivity index (χ3n) is 2.91. The van der Waals surface area contributed by atoms with Crippen LogP contribution >= 0.6 is 0 Å². The molecule has 1 heterocycles. The zero-order valence-corrected chi connectivity index (χ0v) is 10.2. The predicted molar refractivity (Wildman–Crippen MR) is 76.2 cm³/mol. The lowest BCUT2D eigenvalue weighted by molar-refractivity contribution is 0.281. The van der Waals surface area contributed by atoms with Crippen LogP contribution in [0.15, 0.2) is 59.7 Å². The molecule has 1 N–H and O–H groups in total. The average molecular weight is 248 g/mol.